The Morgan fingerprint density at radius 3 is 3.00 bits per heavy atom. The standard InChI is InChI=1S/C9H13FN3O6P/c10-4-2-13(9(16)12-8(4)15)7-1-5(14)6(19-7)3-18-20(11)17/h2,5-7,14,17H,1,3,11H2,(H,12,15,16)/t5-,6+,7+,20?/m0/s1. The van der Waals surface area contributed by atoms with E-state index in [-0.39, 0.29) is 13.0 Å². The number of aromatic amines is 1. The van der Waals surface area contributed by atoms with Gasteiger partial charge in [-0.2, -0.15) is 4.39 Å². The van der Waals surface area contributed by atoms with E-state index >= 15 is 0 Å². The van der Waals surface area contributed by atoms with Gasteiger partial charge in [-0.1, -0.05) is 0 Å². The minimum absolute atomic E-state index is 0.00728. The summed E-state index contributed by atoms with van der Waals surface area (Å²) < 4.78 is 24.1. The second kappa shape index (κ2) is 6.08. The fraction of sp³-hybridized carbons (Fsp3) is 0.556. The van der Waals surface area contributed by atoms with Gasteiger partial charge in [-0.25, -0.2) is 4.79 Å². The van der Waals surface area contributed by atoms with E-state index in [0.29, 0.717) is 6.20 Å². The lowest BCUT2D eigenvalue weighted by Gasteiger charge is -2.16. The zero-order valence-corrected chi connectivity index (χ0v) is 11.0. The average Bonchev–Trinajstić information content (AvgIpc) is 2.72. The highest BCUT2D eigenvalue weighted by Crippen LogP contribution is 2.30. The molecule has 4 atom stereocenters. The Bertz CT molecular complexity index is 590. The number of aromatic nitrogens is 2. The molecule has 0 aliphatic carbocycles. The van der Waals surface area contributed by atoms with E-state index in [1.807, 2.05) is 0 Å². The molecule has 1 aromatic heterocycles. The summed E-state index contributed by atoms with van der Waals surface area (Å²) in [6, 6.07) is 0. The molecular formula is C9H13FN3O6P. The second-order valence-electron chi connectivity index (χ2n) is 4.17. The van der Waals surface area contributed by atoms with Crippen molar-refractivity contribution in [2.75, 3.05) is 6.61 Å². The highest BCUT2D eigenvalue weighted by atomic mass is 31.2. The molecular weight excluding hydrogens is 296 g/mol. The number of hydrogen-bond acceptors (Lipinski definition) is 7. The smallest absolute Gasteiger partial charge is 0.330 e. The number of rotatable bonds is 4. The largest absolute Gasteiger partial charge is 0.390 e. The highest BCUT2D eigenvalue weighted by Gasteiger charge is 2.36. The van der Waals surface area contributed by atoms with Crippen LogP contribution in [0.3, 0.4) is 0 Å². The summed E-state index contributed by atoms with van der Waals surface area (Å²) in [5.41, 5.74) is 3.06. The van der Waals surface area contributed by atoms with E-state index in [4.69, 9.17) is 19.7 Å². The van der Waals surface area contributed by atoms with Crippen LogP contribution in [0.15, 0.2) is 15.8 Å². The van der Waals surface area contributed by atoms with Gasteiger partial charge in [-0.05, 0) is 0 Å². The molecule has 0 bridgehead atoms. The SMILES string of the molecule is NP(O)OC[C@H]1O[C@@H](n2cc(F)c(=O)[nH]c2=O)C[C@@H]1O. The Labute approximate surface area is 112 Å². The number of nitrogens with two attached hydrogens (primary N) is 1. The van der Waals surface area contributed by atoms with Crippen molar-refractivity contribution in [2.24, 2.45) is 5.50 Å². The van der Waals surface area contributed by atoms with Gasteiger partial charge in [0.1, 0.15) is 12.3 Å². The van der Waals surface area contributed by atoms with E-state index in [1.165, 1.54) is 0 Å². The van der Waals surface area contributed by atoms with Crippen LogP contribution in [-0.2, 0) is 9.26 Å². The summed E-state index contributed by atoms with van der Waals surface area (Å²) in [7, 11) is -2.09. The molecule has 112 valence electrons. The molecule has 2 rings (SSSR count). The van der Waals surface area contributed by atoms with Crippen LogP contribution in [0.1, 0.15) is 12.6 Å². The van der Waals surface area contributed by atoms with E-state index < -0.39 is 44.0 Å². The van der Waals surface area contributed by atoms with Crippen LogP contribution < -0.4 is 16.8 Å². The molecule has 9 nitrogen and oxygen atoms in total. The first-order valence-corrected chi connectivity index (χ1v) is 6.87. The summed E-state index contributed by atoms with van der Waals surface area (Å²) in [5, 5.41) is 9.75. The van der Waals surface area contributed by atoms with Gasteiger partial charge in [-0.3, -0.25) is 19.8 Å². The van der Waals surface area contributed by atoms with Crippen molar-refractivity contribution in [3.8, 4) is 0 Å². The minimum Gasteiger partial charge on any atom is -0.390 e. The van der Waals surface area contributed by atoms with Crippen LogP contribution in [-0.4, -0.2) is 38.4 Å². The first-order chi connectivity index (χ1) is 9.38. The third-order valence-electron chi connectivity index (χ3n) is 2.81. The third kappa shape index (κ3) is 3.29. The number of nitrogens with one attached hydrogen (secondary N) is 1. The van der Waals surface area contributed by atoms with Gasteiger partial charge in [0.05, 0.1) is 18.9 Å². The molecule has 0 spiro atoms. The molecule has 0 radical (unpaired) electrons. The maximum atomic E-state index is 13.2. The zero-order valence-electron chi connectivity index (χ0n) is 10.1. The monoisotopic (exact) mass is 309 g/mol. The molecule has 5 N–H and O–H groups in total. The van der Waals surface area contributed by atoms with Gasteiger partial charge in [-0.15, -0.1) is 0 Å². The molecule has 1 fully saturated rings. The highest BCUT2D eigenvalue weighted by molar-refractivity contribution is 7.43. The number of hydrogen-bond donors (Lipinski definition) is 4. The van der Waals surface area contributed by atoms with Gasteiger partial charge in [0.15, 0.2) is 0 Å². The Morgan fingerprint density at radius 1 is 1.65 bits per heavy atom. The quantitative estimate of drug-likeness (QED) is 0.497. The van der Waals surface area contributed by atoms with Crippen molar-refractivity contribution in [2.45, 2.75) is 24.9 Å². The molecule has 0 saturated carbocycles. The summed E-state index contributed by atoms with van der Waals surface area (Å²) in [4.78, 5) is 33.1. The topological polar surface area (TPSA) is 140 Å². The van der Waals surface area contributed by atoms with Crippen molar-refractivity contribution in [1.82, 2.24) is 9.55 Å². The first kappa shape index (κ1) is 15.2. The Hall–Kier alpha value is -1.16. The lowest BCUT2D eigenvalue weighted by Crippen LogP contribution is -2.34. The molecule has 0 aromatic carbocycles. The average molecular weight is 309 g/mol. The van der Waals surface area contributed by atoms with Crippen LogP contribution in [0.25, 0.3) is 0 Å². The van der Waals surface area contributed by atoms with Crippen molar-refractivity contribution in [1.29, 1.82) is 0 Å². The Morgan fingerprint density at radius 2 is 2.35 bits per heavy atom. The molecule has 0 amide bonds. The summed E-state index contributed by atoms with van der Waals surface area (Å²) in [6.45, 7) is -0.170. The van der Waals surface area contributed by atoms with Crippen LogP contribution >= 0.6 is 8.53 Å². The van der Waals surface area contributed by atoms with Crippen LogP contribution in [0.2, 0.25) is 0 Å². The number of aliphatic hydroxyl groups excluding tert-OH is 1. The summed E-state index contributed by atoms with van der Waals surface area (Å²) in [5.74, 6) is -1.14. The van der Waals surface area contributed by atoms with Gasteiger partial charge in [0, 0.05) is 6.42 Å². The Balaban J connectivity index is 2.14. The van der Waals surface area contributed by atoms with E-state index in [9.17, 15) is 19.1 Å². The van der Waals surface area contributed by atoms with Crippen molar-refractivity contribution >= 4 is 8.53 Å². The third-order valence-corrected chi connectivity index (χ3v) is 3.22. The van der Waals surface area contributed by atoms with Crippen molar-refractivity contribution in [3.05, 3.63) is 32.9 Å². The van der Waals surface area contributed by atoms with E-state index in [0.717, 1.165) is 4.57 Å². The number of H-pyrrole nitrogens is 1. The predicted octanol–water partition coefficient (Wildman–Crippen LogP) is -1.48. The first-order valence-electron chi connectivity index (χ1n) is 5.59. The molecule has 1 unspecified atom stereocenters. The number of ether oxygens (including phenoxy) is 1. The molecule has 1 aromatic rings. The fourth-order valence-electron chi connectivity index (χ4n) is 1.86. The van der Waals surface area contributed by atoms with Crippen molar-refractivity contribution < 1.29 is 23.7 Å². The fourth-order valence-corrected chi connectivity index (χ4v) is 2.16. The molecule has 2 heterocycles. The van der Waals surface area contributed by atoms with Gasteiger partial charge in [0.2, 0.25) is 14.3 Å². The van der Waals surface area contributed by atoms with E-state index in [2.05, 4.69) is 0 Å². The number of aliphatic hydroxyl groups is 1. The zero-order chi connectivity index (χ0) is 14.9. The maximum Gasteiger partial charge on any atom is 0.330 e. The van der Waals surface area contributed by atoms with Gasteiger partial charge < -0.3 is 19.3 Å². The summed E-state index contributed by atoms with van der Waals surface area (Å²) >= 11 is 0. The number of nitrogens with zero attached hydrogens (tertiary/aromatic N) is 1. The van der Waals surface area contributed by atoms with Gasteiger partial charge >= 0.3 is 5.69 Å². The summed E-state index contributed by atoms with van der Waals surface area (Å²) in [6.07, 6.45) is -2.02. The number of halogens is 1. The second-order valence-corrected chi connectivity index (χ2v) is 5.04. The minimum atomic E-state index is -2.09. The molecule has 1 saturated heterocycles. The normalized spacial score (nSPS) is 27.7. The lowest BCUT2D eigenvalue weighted by atomic mass is 10.2. The maximum absolute atomic E-state index is 13.2. The predicted molar refractivity (Wildman–Crippen MR) is 65.1 cm³/mol. The lowest BCUT2D eigenvalue weighted by molar-refractivity contribution is -0.0410. The van der Waals surface area contributed by atoms with Gasteiger partial charge in [0.25, 0.3) is 5.56 Å². The molecule has 1 aliphatic heterocycles. The molecule has 20 heavy (non-hydrogen) atoms. The Kier molecular flexibility index (Phi) is 4.63. The van der Waals surface area contributed by atoms with Crippen molar-refractivity contribution in [3.63, 3.8) is 0 Å². The molecule has 11 heteroatoms. The van der Waals surface area contributed by atoms with Crippen LogP contribution in [0.5, 0.6) is 0 Å². The van der Waals surface area contributed by atoms with Crippen LogP contribution in [0, 0.1) is 5.82 Å². The molecule has 1 aliphatic rings. The van der Waals surface area contributed by atoms with Crippen LogP contribution in [0.4, 0.5) is 4.39 Å². The van der Waals surface area contributed by atoms with E-state index in [1.54, 1.807) is 4.98 Å².